The number of unbranched alkanes of at least 4 members (excludes halogenated alkanes) is 1. The Morgan fingerprint density at radius 2 is 2.15 bits per heavy atom. The summed E-state index contributed by atoms with van der Waals surface area (Å²) in [4.78, 5) is 12.8. The van der Waals surface area contributed by atoms with E-state index >= 15 is 0 Å². The molecule has 0 radical (unpaired) electrons. The second kappa shape index (κ2) is 6.86. The number of carbonyl (C=O) groups is 1. The molecule has 0 aliphatic rings. The molecule has 1 amide bonds. The van der Waals surface area contributed by atoms with Crippen molar-refractivity contribution >= 4 is 5.91 Å². The highest BCUT2D eigenvalue weighted by Crippen LogP contribution is 2.00. The molecule has 0 saturated heterocycles. The minimum atomic E-state index is -0.329. The van der Waals surface area contributed by atoms with Gasteiger partial charge in [0.25, 0.3) is 0 Å². The van der Waals surface area contributed by atoms with Crippen molar-refractivity contribution in [1.29, 1.82) is 0 Å². The van der Waals surface area contributed by atoms with Crippen LogP contribution in [-0.2, 0) is 4.79 Å². The van der Waals surface area contributed by atoms with Crippen molar-refractivity contribution in [3.63, 3.8) is 0 Å². The summed E-state index contributed by atoms with van der Waals surface area (Å²) in [5.41, 5.74) is 5.18. The minimum absolute atomic E-state index is 0.0708. The lowest BCUT2D eigenvalue weighted by atomic mass is 10.2. The number of aliphatic hydroxyl groups is 1. The van der Waals surface area contributed by atoms with E-state index in [1.165, 1.54) is 0 Å². The SMILES string of the molecule is CCCCN(CCO)C(C)C(N)=O. The van der Waals surface area contributed by atoms with Gasteiger partial charge in [-0.15, -0.1) is 0 Å². The fourth-order valence-electron chi connectivity index (χ4n) is 1.17. The van der Waals surface area contributed by atoms with Crippen molar-refractivity contribution in [1.82, 2.24) is 4.90 Å². The van der Waals surface area contributed by atoms with Crippen LogP contribution in [0.2, 0.25) is 0 Å². The molecule has 0 bridgehead atoms. The third-order valence-corrected chi connectivity index (χ3v) is 2.15. The van der Waals surface area contributed by atoms with Crippen LogP contribution >= 0.6 is 0 Å². The fraction of sp³-hybridized carbons (Fsp3) is 0.889. The zero-order chi connectivity index (χ0) is 10.3. The topological polar surface area (TPSA) is 66.6 Å². The van der Waals surface area contributed by atoms with Crippen molar-refractivity contribution in [2.45, 2.75) is 32.7 Å². The monoisotopic (exact) mass is 188 g/mol. The number of nitrogens with zero attached hydrogens (tertiary/aromatic N) is 1. The molecule has 0 aromatic rings. The summed E-state index contributed by atoms with van der Waals surface area (Å²) in [6.07, 6.45) is 2.10. The lowest BCUT2D eigenvalue weighted by molar-refractivity contribution is -0.122. The molecule has 0 spiro atoms. The standard InChI is InChI=1S/C9H20N2O2/c1-3-4-5-11(6-7-12)8(2)9(10)13/h8,12H,3-7H2,1-2H3,(H2,10,13). The van der Waals surface area contributed by atoms with Crippen LogP contribution < -0.4 is 5.73 Å². The van der Waals surface area contributed by atoms with E-state index < -0.39 is 0 Å². The maximum atomic E-state index is 10.9. The Balaban J connectivity index is 3.98. The molecule has 0 aliphatic carbocycles. The molecule has 0 aromatic carbocycles. The Bertz CT molecular complexity index is 151. The van der Waals surface area contributed by atoms with Crippen LogP contribution in [-0.4, -0.2) is 41.7 Å². The third kappa shape index (κ3) is 4.85. The number of carbonyl (C=O) groups excluding carboxylic acids is 1. The third-order valence-electron chi connectivity index (χ3n) is 2.15. The van der Waals surface area contributed by atoms with Crippen LogP contribution in [0.1, 0.15) is 26.7 Å². The van der Waals surface area contributed by atoms with Crippen molar-refractivity contribution in [3.05, 3.63) is 0 Å². The lowest BCUT2D eigenvalue weighted by Crippen LogP contribution is -2.44. The largest absolute Gasteiger partial charge is 0.395 e. The van der Waals surface area contributed by atoms with E-state index in [0.29, 0.717) is 6.54 Å². The van der Waals surface area contributed by atoms with Crippen molar-refractivity contribution < 1.29 is 9.90 Å². The molecule has 0 saturated carbocycles. The molecular weight excluding hydrogens is 168 g/mol. The van der Waals surface area contributed by atoms with E-state index in [-0.39, 0.29) is 18.6 Å². The molecule has 0 heterocycles. The first-order valence-corrected chi connectivity index (χ1v) is 4.77. The zero-order valence-electron chi connectivity index (χ0n) is 8.49. The summed E-state index contributed by atoms with van der Waals surface area (Å²) in [5.74, 6) is -0.329. The second-order valence-electron chi connectivity index (χ2n) is 3.19. The molecule has 0 rings (SSSR count). The van der Waals surface area contributed by atoms with Gasteiger partial charge in [0.1, 0.15) is 0 Å². The van der Waals surface area contributed by atoms with Gasteiger partial charge in [0, 0.05) is 6.54 Å². The van der Waals surface area contributed by atoms with Crippen LogP contribution in [0.3, 0.4) is 0 Å². The van der Waals surface area contributed by atoms with Gasteiger partial charge >= 0.3 is 0 Å². The predicted octanol–water partition coefficient (Wildman–Crippen LogP) is -0.0454. The number of primary amides is 1. The smallest absolute Gasteiger partial charge is 0.234 e. The van der Waals surface area contributed by atoms with E-state index in [0.717, 1.165) is 19.4 Å². The number of amides is 1. The number of aliphatic hydroxyl groups excluding tert-OH is 1. The number of hydrogen-bond donors (Lipinski definition) is 2. The van der Waals surface area contributed by atoms with E-state index in [9.17, 15) is 4.79 Å². The second-order valence-corrected chi connectivity index (χ2v) is 3.19. The van der Waals surface area contributed by atoms with Gasteiger partial charge in [-0.25, -0.2) is 0 Å². The quantitative estimate of drug-likeness (QED) is 0.589. The highest BCUT2D eigenvalue weighted by Gasteiger charge is 2.17. The first kappa shape index (κ1) is 12.4. The molecule has 3 N–H and O–H groups in total. The number of hydrogen-bond acceptors (Lipinski definition) is 3. The van der Waals surface area contributed by atoms with E-state index in [1.807, 2.05) is 4.90 Å². The van der Waals surface area contributed by atoms with Gasteiger partial charge in [0.15, 0.2) is 0 Å². The van der Waals surface area contributed by atoms with Gasteiger partial charge in [0.2, 0.25) is 5.91 Å². The first-order chi connectivity index (χ1) is 6.13. The summed E-state index contributed by atoms with van der Waals surface area (Å²) in [6, 6.07) is -0.279. The number of rotatable bonds is 7. The van der Waals surface area contributed by atoms with E-state index in [2.05, 4.69) is 6.92 Å². The summed E-state index contributed by atoms with van der Waals surface area (Å²) in [6.45, 7) is 5.27. The number of nitrogens with two attached hydrogens (primary N) is 1. The normalized spacial score (nSPS) is 13.2. The summed E-state index contributed by atoms with van der Waals surface area (Å²) < 4.78 is 0. The average Bonchev–Trinajstić information content (AvgIpc) is 2.11. The van der Waals surface area contributed by atoms with E-state index in [4.69, 9.17) is 10.8 Å². The van der Waals surface area contributed by atoms with Crippen molar-refractivity contribution in [3.8, 4) is 0 Å². The van der Waals surface area contributed by atoms with Gasteiger partial charge in [-0.05, 0) is 19.9 Å². The Hall–Kier alpha value is -0.610. The molecule has 0 fully saturated rings. The first-order valence-electron chi connectivity index (χ1n) is 4.77. The Morgan fingerprint density at radius 1 is 1.54 bits per heavy atom. The van der Waals surface area contributed by atoms with Gasteiger partial charge in [-0.3, -0.25) is 9.69 Å². The highest BCUT2D eigenvalue weighted by molar-refractivity contribution is 5.79. The van der Waals surface area contributed by atoms with Crippen LogP contribution in [0.4, 0.5) is 0 Å². The predicted molar refractivity (Wildman–Crippen MR) is 52.2 cm³/mol. The molecule has 78 valence electrons. The summed E-state index contributed by atoms with van der Waals surface area (Å²) in [5, 5.41) is 8.77. The van der Waals surface area contributed by atoms with Gasteiger partial charge in [-0.2, -0.15) is 0 Å². The zero-order valence-corrected chi connectivity index (χ0v) is 8.49. The van der Waals surface area contributed by atoms with Crippen LogP contribution in [0.5, 0.6) is 0 Å². The van der Waals surface area contributed by atoms with E-state index in [1.54, 1.807) is 6.92 Å². The Kier molecular flexibility index (Phi) is 6.54. The minimum Gasteiger partial charge on any atom is -0.395 e. The van der Waals surface area contributed by atoms with Gasteiger partial charge in [0.05, 0.1) is 12.6 Å². The average molecular weight is 188 g/mol. The van der Waals surface area contributed by atoms with Crippen molar-refractivity contribution in [2.24, 2.45) is 5.73 Å². The van der Waals surface area contributed by atoms with Crippen molar-refractivity contribution in [2.75, 3.05) is 19.7 Å². The Morgan fingerprint density at radius 3 is 2.54 bits per heavy atom. The maximum Gasteiger partial charge on any atom is 0.234 e. The molecular formula is C9H20N2O2. The molecule has 0 aromatic heterocycles. The molecule has 0 aliphatic heterocycles. The fourth-order valence-corrected chi connectivity index (χ4v) is 1.17. The van der Waals surface area contributed by atoms with Gasteiger partial charge < -0.3 is 10.8 Å². The summed E-state index contributed by atoms with van der Waals surface area (Å²) in [7, 11) is 0. The molecule has 4 heteroatoms. The van der Waals surface area contributed by atoms with Crippen LogP contribution in [0.15, 0.2) is 0 Å². The molecule has 13 heavy (non-hydrogen) atoms. The Labute approximate surface area is 79.7 Å². The van der Waals surface area contributed by atoms with Crippen LogP contribution in [0.25, 0.3) is 0 Å². The van der Waals surface area contributed by atoms with Crippen LogP contribution in [0, 0.1) is 0 Å². The lowest BCUT2D eigenvalue weighted by Gasteiger charge is -2.25. The summed E-state index contributed by atoms with van der Waals surface area (Å²) >= 11 is 0. The highest BCUT2D eigenvalue weighted by atomic mass is 16.3. The molecule has 1 atom stereocenters. The molecule has 1 unspecified atom stereocenters. The van der Waals surface area contributed by atoms with Gasteiger partial charge in [-0.1, -0.05) is 13.3 Å². The molecule has 4 nitrogen and oxygen atoms in total. The maximum absolute atomic E-state index is 10.9.